The topological polar surface area (TPSA) is 53.2 Å². The summed E-state index contributed by atoms with van der Waals surface area (Å²) in [7, 11) is 0. The van der Waals surface area contributed by atoms with Crippen molar-refractivity contribution in [2.45, 2.75) is 25.1 Å². The van der Waals surface area contributed by atoms with Crippen LogP contribution in [0.4, 0.5) is 35.0 Å². The van der Waals surface area contributed by atoms with Gasteiger partial charge in [-0.1, -0.05) is 6.07 Å². The number of halogens is 3. The molecule has 0 radical (unpaired) electrons. The second-order valence-corrected chi connectivity index (χ2v) is 5.65. The van der Waals surface area contributed by atoms with E-state index in [0.29, 0.717) is 17.1 Å². The fourth-order valence-electron chi connectivity index (χ4n) is 2.16. The lowest BCUT2D eigenvalue weighted by Gasteiger charge is -2.11. The predicted octanol–water partition coefficient (Wildman–Crippen LogP) is 4.73. The van der Waals surface area contributed by atoms with Gasteiger partial charge < -0.3 is 16.0 Å². The first-order valence-corrected chi connectivity index (χ1v) is 7.52. The summed E-state index contributed by atoms with van der Waals surface area (Å²) < 4.78 is 38.1. The average molecular weight is 335 g/mol. The summed E-state index contributed by atoms with van der Waals surface area (Å²) in [6.45, 7) is 0. The first kappa shape index (κ1) is 16.2. The van der Waals surface area contributed by atoms with E-state index < -0.39 is 11.7 Å². The molecule has 0 bridgehead atoms. The molecular formula is C17H16F3N3O. The normalized spacial score (nSPS) is 14.1. The highest BCUT2D eigenvalue weighted by atomic mass is 19.4. The van der Waals surface area contributed by atoms with Gasteiger partial charge in [-0.2, -0.15) is 13.2 Å². The average Bonchev–Trinajstić information content (AvgIpc) is 3.32. The molecule has 3 rings (SSSR count). The third kappa shape index (κ3) is 4.41. The third-order valence-electron chi connectivity index (χ3n) is 3.53. The van der Waals surface area contributed by atoms with E-state index in [2.05, 4.69) is 16.0 Å². The van der Waals surface area contributed by atoms with Gasteiger partial charge in [-0.3, -0.25) is 0 Å². The Morgan fingerprint density at radius 1 is 0.958 bits per heavy atom. The molecule has 1 aliphatic rings. The number of alkyl halides is 3. The smallest absolute Gasteiger partial charge is 0.356 e. The molecule has 0 aliphatic heterocycles. The fraction of sp³-hybridized carbons (Fsp3) is 0.235. The lowest BCUT2D eigenvalue weighted by atomic mass is 10.2. The van der Waals surface area contributed by atoms with Crippen molar-refractivity contribution in [1.82, 2.24) is 5.32 Å². The molecule has 2 amide bonds. The number of hydrogen-bond acceptors (Lipinski definition) is 2. The summed E-state index contributed by atoms with van der Waals surface area (Å²) in [4.78, 5) is 11.6. The van der Waals surface area contributed by atoms with Crippen LogP contribution in [0.5, 0.6) is 0 Å². The molecule has 2 aromatic carbocycles. The van der Waals surface area contributed by atoms with Crippen LogP contribution in [0, 0.1) is 0 Å². The lowest BCUT2D eigenvalue weighted by molar-refractivity contribution is -0.137. The number of anilines is 3. The van der Waals surface area contributed by atoms with Gasteiger partial charge in [0.25, 0.3) is 0 Å². The molecule has 0 atom stereocenters. The van der Waals surface area contributed by atoms with Crippen LogP contribution in [0.2, 0.25) is 0 Å². The standard InChI is InChI=1S/C17H16F3N3O/c18-17(19,20)11-2-1-3-15(10-11)21-12-4-6-13(7-5-12)22-16(24)23-14-8-9-14/h1-7,10,14,21H,8-9H2,(H2,22,23,24). The highest BCUT2D eigenvalue weighted by Crippen LogP contribution is 2.31. The molecule has 4 nitrogen and oxygen atoms in total. The molecule has 1 aliphatic carbocycles. The fourth-order valence-corrected chi connectivity index (χ4v) is 2.16. The Bertz CT molecular complexity index is 725. The maximum absolute atomic E-state index is 12.7. The largest absolute Gasteiger partial charge is 0.416 e. The third-order valence-corrected chi connectivity index (χ3v) is 3.53. The lowest BCUT2D eigenvalue weighted by Crippen LogP contribution is -2.30. The van der Waals surface area contributed by atoms with E-state index in [4.69, 9.17) is 0 Å². The van der Waals surface area contributed by atoms with E-state index in [9.17, 15) is 18.0 Å². The highest BCUT2D eigenvalue weighted by molar-refractivity contribution is 5.89. The van der Waals surface area contributed by atoms with Crippen molar-refractivity contribution >= 4 is 23.1 Å². The molecule has 0 aromatic heterocycles. The molecule has 0 unspecified atom stereocenters. The van der Waals surface area contributed by atoms with Crippen LogP contribution in [0.15, 0.2) is 48.5 Å². The van der Waals surface area contributed by atoms with Crippen molar-refractivity contribution in [2.75, 3.05) is 10.6 Å². The number of rotatable bonds is 4. The second-order valence-electron chi connectivity index (χ2n) is 5.65. The van der Waals surface area contributed by atoms with E-state index >= 15 is 0 Å². The van der Waals surface area contributed by atoms with Crippen LogP contribution in [-0.2, 0) is 6.18 Å². The number of hydrogen-bond donors (Lipinski definition) is 3. The zero-order valence-electron chi connectivity index (χ0n) is 12.7. The second kappa shape index (κ2) is 6.43. The molecule has 1 saturated carbocycles. The van der Waals surface area contributed by atoms with Crippen molar-refractivity contribution < 1.29 is 18.0 Å². The molecule has 0 saturated heterocycles. The van der Waals surface area contributed by atoms with Crippen LogP contribution in [-0.4, -0.2) is 12.1 Å². The summed E-state index contributed by atoms with van der Waals surface area (Å²) in [5.41, 5.74) is 0.879. The van der Waals surface area contributed by atoms with Gasteiger partial charge in [0, 0.05) is 23.1 Å². The van der Waals surface area contributed by atoms with E-state index in [1.807, 2.05) is 0 Å². The Labute approximate surface area is 137 Å². The quantitative estimate of drug-likeness (QED) is 0.756. The summed E-state index contributed by atoms with van der Waals surface area (Å²) >= 11 is 0. The number of carbonyl (C=O) groups is 1. The first-order valence-electron chi connectivity index (χ1n) is 7.52. The SMILES string of the molecule is O=C(Nc1ccc(Nc2cccc(C(F)(F)F)c2)cc1)NC1CC1. The monoisotopic (exact) mass is 335 g/mol. The van der Waals surface area contributed by atoms with Gasteiger partial charge in [0.1, 0.15) is 0 Å². The van der Waals surface area contributed by atoms with Crippen LogP contribution < -0.4 is 16.0 Å². The number of amides is 2. The van der Waals surface area contributed by atoms with Crippen molar-refractivity contribution in [3.05, 3.63) is 54.1 Å². The molecule has 3 N–H and O–H groups in total. The van der Waals surface area contributed by atoms with E-state index in [0.717, 1.165) is 25.0 Å². The zero-order chi connectivity index (χ0) is 17.2. The van der Waals surface area contributed by atoms with Crippen molar-refractivity contribution in [3.8, 4) is 0 Å². The molecule has 126 valence electrons. The minimum Gasteiger partial charge on any atom is -0.356 e. The van der Waals surface area contributed by atoms with Crippen molar-refractivity contribution in [2.24, 2.45) is 0 Å². The summed E-state index contributed by atoms with van der Waals surface area (Å²) in [5, 5.41) is 8.42. The highest BCUT2D eigenvalue weighted by Gasteiger charge is 2.30. The molecule has 0 spiro atoms. The Morgan fingerprint density at radius 3 is 2.25 bits per heavy atom. The molecule has 1 fully saturated rings. The van der Waals surface area contributed by atoms with Gasteiger partial charge in [0.2, 0.25) is 0 Å². The van der Waals surface area contributed by atoms with Gasteiger partial charge >= 0.3 is 12.2 Å². The Morgan fingerprint density at radius 2 is 1.62 bits per heavy atom. The van der Waals surface area contributed by atoms with Crippen molar-refractivity contribution in [3.63, 3.8) is 0 Å². The number of nitrogens with one attached hydrogen (secondary N) is 3. The molecule has 24 heavy (non-hydrogen) atoms. The summed E-state index contributed by atoms with van der Waals surface area (Å²) in [6.07, 6.45) is -2.36. The minimum atomic E-state index is -4.37. The molecule has 2 aromatic rings. The van der Waals surface area contributed by atoms with Crippen LogP contribution >= 0.6 is 0 Å². The van der Waals surface area contributed by atoms with Crippen LogP contribution in [0.25, 0.3) is 0 Å². The van der Waals surface area contributed by atoms with Gasteiger partial charge in [-0.25, -0.2) is 4.79 Å². The molecular weight excluding hydrogens is 319 g/mol. The van der Waals surface area contributed by atoms with E-state index in [-0.39, 0.29) is 12.1 Å². The van der Waals surface area contributed by atoms with Gasteiger partial charge in [-0.15, -0.1) is 0 Å². The number of carbonyl (C=O) groups excluding carboxylic acids is 1. The van der Waals surface area contributed by atoms with E-state index in [1.165, 1.54) is 6.07 Å². The minimum absolute atomic E-state index is 0.254. The van der Waals surface area contributed by atoms with Crippen LogP contribution in [0.1, 0.15) is 18.4 Å². The van der Waals surface area contributed by atoms with Crippen molar-refractivity contribution in [1.29, 1.82) is 0 Å². The van der Waals surface area contributed by atoms with Gasteiger partial charge in [-0.05, 0) is 55.3 Å². The van der Waals surface area contributed by atoms with Crippen LogP contribution in [0.3, 0.4) is 0 Å². The molecule has 7 heteroatoms. The summed E-state index contributed by atoms with van der Waals surface area (Å²) in [5.74, 6) is 0. The van der Waals surface area contributed by atoms with E-state index in [1.54, 1.807) is 30.3 Å². The predicted molar refractivity (Wildman–Crippen MR) is 86.3 cm³/mol. The Hall–Kier alpha value is -2.70. The summed E-state index contributed by atoms with van der Waals surface area (Å²) in [6, 6.07) is 11.7. The Balaban J connectivity index is 1.62. The molecule has 0 heterocycles. The first-order chi connectivity index (χ1) is 11.4. The Kier molecular flexibility index (Phi) is 4.33. The van der Waals surface area contributed by atoms with Gasteiger partial charge in [0.15, 0.2) is 0 Å². The number of urea groups is 1. The maximum Gasteiger partial charge on any atom is 0.416 e. The zero-order valence-corrected chi connectivity index (χ0v) is 12.7. The van der Waals surface area contributed by atoms with Gasteiger partial charge in [0.05, 0.1) is 5.56 Å². The number of benzene rings is 2. The maximum atomic E-state index is 12.7.